The van der Waals surface area contributed by atoms with Crippen LogP contribution >= 0.6 is 45.5 Å². The van der Waals surface area contributed by atoms with Crippen LogP contribution in [0.5, 0.6) is 0 Å². The Labute approximate surface area is 98.8 Å². The van der Waals surface area contributed by atoms with Gasteiger partial charge in [0.2, 0.25) is 0 Å². The zero-order chi connectivity index (χ0) is 8.72. The van der Waals surface area contributed by atoms with Gasteiger partial charge in [-0.05, 0) is 41.1 Å². The van der Waals surface area contributed by atoms with Gasteiger partial charge in [-0.3, -0.25) is 2.78 Å². The minimum atomic E-state index is 1.28. The van der Waals surface area contributed by atoms with E-state index in [2.05, 4.69) is 79.4 Å². The molecule has 0 spiro atoms. The minimum absolute atomic E-state index is 1.28. The van der Waals surface area contributed by atoms with Crippen LogP contribution < -0.4 is 0 Å². The lowest BCUT2D eigenvalue weighted by Gasteiger charge is -1.98. The second-order valence-corrected chi connectivity index (χ2v) is 4.83. The van der Waals surface area contributed by atoms with Crippen LogP contribution in [0.3, 0.4) is 0 Å². The first-order valence-electron chi connectivity index (χ1n) is 3.63. The topological polar surface area (TPSA) is 4.93 Å². The van der Waals surface area contributed by atoms with E-state index < -0.39 is 0 Å². The molecule has 0 aliphatic carbocycles. The van der Waals surface area contributed by atoms with Crippen molar-refractivity contribution in [1.82, 2.24) is 2.78 Å². The average Bonchev–Trinajstić information content (AvgIpc) is 2.29. The third-order valence-corrected chi connectivity index (χ3v) is 4.65. The second-order valence-electron chi connectivity index (χ2n) is 2.76. The molecule has 0 fully saturated rings. The van der Waals surface area contributed by atoms with Crippen molar-refractivity contribution in [3.8, 4) is 0 Å². The van der Waals surface area contributed by atoms with Gasteiger partial charge < -0.3 is 0 Å². The summed E-state index contributed by atoms with van der Waals surface area (Å²) < 4.78 is 3.47. The third-order valence-electron chi connectivity index (χ3n) is 1.93. The molecular weight excluding hydrogens is 376 g/mol. The normalized spacial score (nSPS) is 10.9. The van der Waals surface area contributed by atoms with Gasteiger partial charge in [0.15, 0.2) is 0 Å². The molecule has 0 atom stereocenters. The Balaban J connectivity index is 2.97. The highest BCUT2D eigenvalue weighted by Gasteiger charge is 2.05. The highest BCUT2D eigenvalue weighted by molar-refractivity contribution is 14.1. The van der Waals surface area contributed by atoms with E-state index in [1.54, 1.807) is 0 Å². The molecule has 2 rings (SSSR count). The maximum Gasteiger partial charge on any atom is 0.0902 e. The van der Waals surface area contributed by atoms with Crippen molar-refractivity contribution in [2.24, 2.45) is 0 Å². The highest BCUT2D eigenvalue weighted by Crippen LogP contribution is 2.25. The van der Waals surface area contributed by atoms with E-state index in [-0.39, 0.29) is 0 Å². The van der Waals surface area contributed by atoms with Gasteiger partial charge in [-0.15, -0.1) is 0 Å². The fourth-order valence-electron chi connectivity index (χ4n) is 1.36. The molecule has 1 nitrogen and oxygen atoms in total. The summed E-state index contributed by atoms with van der Waals surface area (Å²) in [6, 6.07) is 8.60. The van der Waals surface area contributed by atoms with Crippen molar-refractivity contribution in [3.63, 3.8) is 0 Å². The molecule has 2 aromatic rings. The SMILES string of the molecule is Cc1cccc2cc(I)n(I)c12. The molecule has 0 bridgehead atoms. The maximum atomic E-state index is 2.35. The summed E-state index contributed by atoms with van der Waals surface area (Å²) in [7, 11) is 0. The number of hydrogen-bond acceptors (Lipinski definition) is 0. The van der Waals surface area contributed by atoms with Gasteiger partial charge in [-0.25, -0.2) is 0 Å². The van der Waals surface area contributed by atoms with Gasteiger partial charge in [0.05, 0.1) is 32.1 Å². The number of para-hydroxylation sites is 1. The molecule has 1 aromatic heterocycles. The number of rotatable bonds is 0. The molecule has 12 heavy (non-hydrogen) atoms. The fraction of sp³-hybridized carbons (Fsp3) is 0.111. The number of hydrogen-bond donors (Lipinski definition) is 0. The zero-order valence-corrected chi connectivity index (χ0v) is 10.8. The van der Waals surface area contributed by atoms with Crippen molar-refractivity contribution in [1.29, 1.82) is 0 Å². The Bertz CT molecular complexity index is 431. The van der Waals surface area contributed by atoms with Crippen LogP contribution in [0, 0.1) is 10.6 Å². The average molecular weight is 383 g/mol. The van der Waals surface area contributed by atoms with Crippen molar-refractivity contribution >= 4 is 56.4 Å². The lowest BCUT2D eigenvalue weighted by molar-refractivity contribution is 1.33. The molecule has 0 radical (unpaired) electrons. The Morgan fingerprint density at radius 1 is 1.33 bits per heavy atom. The molecule has 1 heterocycles. The van der Waals surface area contributed by atoms with E-state index in [0.29, 0.717) is 0 Å². The summed E-state index contributed by atoms with van der Waals surface area (Å²) in [5.41, 5.74) is 2.67. The zero-order valence-electron chi connectivity index (χ0n) is 6.51. The number of halogens is 2. The maximum absolute atomic E-state index is 2.35. The van der Waals surface area contributed by atoms with Gasteiger partial charge in [0.25, 0.3) is 0 Å². The molecule has 1 aromatic carbocycles. The lowest BCUT2D eigenvalue weighted by Crippen LogP contribution is -1.83. The number of aryl methyl sites for hydroxylation is 1. The minimum Gasteiger partial charge on any atom is -0.276 e. The Kier molecular flexibility index (Phi) is 2.33. The van der Waals surface area contributed by atoms with Crippen molar-refractivity contribution in [2.75, 3.05) is 0 Å². The van der Waals surface area contributed by atoms with Crippen molar-refractivity contribution in [2.45, 2.75) is 6.92 Å². The van der Waals surface area contributed by atoms with Crippen LogP contribution in [0.25, 0.3) is 10.9 Å². The molecule has 0 saturated heterocycles. The molecule has 0 N–H and O–H groups in total. The molecule has 0 saturated carbocycles. The van der Waals surface area contributed by atoms with E-state index >= 15 is 0 Å². The third kappa shape index (κ3) is 1.26. The summed E-state index contributed by atoms with van der Waals surface area (Å²) >= 11 is 4.68. The largest absolute Gasteiger partial charge is 0.276 e. The molecule has 0 unspecified atom stereocenters. The van der Waals surface area contributed by atoms with E-state index in [4.69, 9.17) is 0 Å². The van der Waals surface area contributed by atoms with Crippen LogP contribution in [0.4, 0.5) is 0 Å². The number of nitrogens with zero attached hydrogens (tertiary/aromatic N) is 1. The van der Waals surface area contributed by atoms with E-state index in [1.807, 2.05) is 0 Å². The van der Waals surface area contributed by atoms with Crippen LogP contribution in [-0.4, -0.2) is 2.78 Å². The molecule has 3 heteroatoms. The predicted octanol–water partition coefficient (Wildman–Crippen LogP) is 3.75. The van der Waals surface area contributed by atoms with Gasteiger partial charge in [0, 0.05) is 5.39 Å². The van der Waals surface area contributed by atoms with Gasteiger partial charge >= 0.3 is 0 Å². The summed E-state index contributed by atoms with van der Waals surface area (Å²) in [6.45, 7) is 2.15. The number of aromatic nitrogens is 1. The predicted molar refractivity (Wildman–Crippen MR) is 68.8 cm³/mol. The molecule has 62 valence electrons. The van der Waals surface area contributed by atoms with E-state index in [1.165, 1.54) is 20.2 Å². The highest BCUT2D eigenvalue weighted by atomic mass is 127. The second kappa shape index (κ2) is 3.17. The number of benzene rings is 1. The van der Waals surface area contributed by atoms with Gasteiger partial charge in [0.1, 0.15) is 0 Å². The smallest absolute Gasteiger partial charge is 0.0902 e. The molecule has 0 amide bonds. The van der Waals surface area contributed by atoms with E-state index in [0.717, 1.165) is 0 Å². The molecule has 0 aliphatic rings. The standard InChI is InChI=1S/C9H7I2N/c1-6-3-2-4-7-5-8(10)12(11)9(6)7/h2-5H,1H3. The summed E-state index contributed by atoms with van der Waals surface area (Å²) in [5.74, 6) is 0. The summed E-state index contributed by atoms with van der Waals surface area (Å²) in [5, 5.41) is 1.33. The Hall–Kier alpha value is 0.220. The molecule has 0 aliphatic heterocycles. The summed E-state index contributed by atoms with van der Waals surface area (Å²) in [4.78, 5) is 0. The first-order chi connectivity index (χ1) is 5.70. The lowest BCUT2D eigenvalue weighted by atomic mass is 10.2. The van der Waals surface area contributed by atoms with Crippen LogP contribution in [-0.2, 0) is 0 Å². The van der Waals surface area contributed by atoms with Crippen molar-refractivity contribution in [3.05, 3.63) is 33.5 Å². The molecular formula is C9H7I2N. The quantitative estimate of drug-likeness (QED) is 0.611. The van der Waals surface area contributed by atoms with Crippen molar-refractivity contribution < 1.29 is 0 Å². The van der Waals surface area contributed by atoms with E-state index in [9.17, 15) is 0 Å². The summed E-state index contributed by atoms with van der Waals surface area (Å²) in [6.07, 6.45) is 0. The number of fused-ring (bicyclic) bond motifs is 1. The first-order valence-corrected chi connectivity index (χ1v) is 5.67. The van der Waals surface area contributed by atoms with Gasteiger partial charge in [-0.2, -0.15) is 0 Å². The van der Waals surface area contributed by atoms with Gasteiger partial charge in [-0.1, -0.05) is 18.2 Å². The van der Waals surface area contributed by atoms with Crippen LogP contribution in [0.2, 0.25) is 0 Å². The monoisotopic (exact) mass is 383 g/mol. The fourth-order valence-corrected chi connectivity index (χ4v) is 2.73. The first kappa shape index (κ1) is 8.80. The Morgan fingerprint density at radius 2 is 2.08 bits per heavy atom. The van der Waals surface area contributed by atoms with Crippen LogP contribution in [0.15, 0.2) is 24.3 Å². The van der Waals surface area contributed by atoms with Crippen LogP contribution in [0.1, 0.15) is 5.56 Å². The Morgan fingerprint density at radius 3 is 2.75 bits per heavy atom.